The molecule has 0 aliphatic carbocycles. The second kappa shape index (κ2) is 5.03. The molecule has 0 unspecified atom stereocenters. The Balaban J connectivity index is 1.62. The summed E-state index contributed by atoms with van der Waals surface area (Å²) < 4.78 is 0. The van der Waals surface area contributed by atoms with Crippen LogP contribution in [0.15, 0.2) is 66.7 Å². The molecule has 3 aromatic heterocycles. The molecule has 0 aliphatic heterocycles. The first-order valence-electron chi connectivity index (χ1n) is 7.79. The normalized spacial score (nSPS) is 11.3. The van der Waals surface area contributed by atoms with Crippen molar-refractivity contribution in [1.29, 1.82) is 0 Å². The zero-order chi connectivity index (χ0) is 15.9. The highest BCUT2D eigenvalue weighted by atomic mass is 15.0. The van der Waals surface area contributed by atoms with Crippen LogP contribution in [-0.4, -0.2) is 19.9 Å². The summed E-state index contributed by atoms with van der Waals surface area (Å²) in [6.45, 7) is 0. The molecule has 0 fully saturated rings. The third-order valence-corrected chi connectivity index (χ3v) is 4.08. The van der Waals surface area contributed by atoms with Crippen molar-refractivity contribution >= 4 is 22.1 Å². The zero-order valence-electron chi connectivity index (χ0n) is 12.7. The van der Waals surface area contributed by atoms with E-state index in [1.54, 1.807) is 0 Å². The first-order chi connectivity index (χ1) is 11.9. The second-order valence-electron chi connectivity index (χ2n) is 5.68. The molecule has 2 aromatic carbocycles. The number of imidazole rings is 2. The molecule has 3 N–H and O–H groups in total. The summed E-state index contributed by atoms with van der Waals surface area (Å²) in [4.78, 5) is 19.4. The topological polar surface area (TPSA) is 71.5 Å². The summed E-state index contributed by atoms with van der Waals surface area (Å²) in [6.07, 6.45) is 0. The minimum Gasteiger partial charge on any atom is -0.337 e. The molecule has 3 heterocycles. The molecule has 0 saturated carbocycles. The SMILES string of the molecule is c1cc(-c2nc3ccccc3[nH]2)nc(-c2[nH]c3ccccc3[nH+]2)c1. The number of hydrogen-bond acceptors (Lipinski definition) is 2. The van der Waals surface area contributed by atoms with Crippen LogP contribution in [0.3, 0.4) is 0 Å². The van der Waals surface area contributed by atoms with Gasteiger partial charge in [0.2, 0.25) is 0 Å². The lowest BCUT2D eigenvalue weighted by atomic mass is 10.3. The molecule has 0 amide bonds. The van der Waals surface area contributed by atoms with E-state index in [0.717, 1.165) is 45.1 Å². The number of fused-ring (bicyclic) bond motifs is 2. The highest BCUT2D eigenvalue weighted by Crippen LogP contribution is 2.21. The van der Waals surface area contributed by atoms with Crippen LogP contribution in [0.2, 0.25) is 0 Å². The minimum atomic E-state index is 0.772. The molecule has 0 aliphatic rings. The number of benzene rings is 2. The van der Waals surface area contributed by atoms with E-state index in [-0.39, 0.29) is 0 Å². The van der Waals surface area contributed by atoms with Crippen molar-refractivity contribution in [3.8, 4) is 23.0 Å². The quantitative estimate of drug-likeness (QED) is 0.523. The molecule has 24 heavy (non-hydrogen) atoms. The summed E-state index contributed by atoms with van der Waals surface area (Å²) in [7, 11) is 0. The fraction of sp³-hybridized carbons (Fsp3) is 0. The van der Waals surface area contributed by atoms with Crippen molar-refractivity contribution in [3.05, 3.63) is 66.7 Å². The van der Waals surface area contributed by atoms with E-state index in [1.165, 1.54) is 0 Å². The van der Waals surface area contributed by atoms with E-state index < -0.39 is 0 Å². The maximum Gasteiger partial charge on any atom is 0.304 e. The number of aromatic amines is 3. The van der Waals surface area contributed by atoms with Gasteiger partial charge in [0.1, 0.15) is 5.69 Å². The van der Waals surface area contributed by atoms with Crippen LogP contribution in [0.1, 0.15) is 0 Å². The van der Waals surface area contributed by atoms with Gasteiger partial charge in [0, 0.05) is 0 Å². The number of hydrogen-bond donors (Lipinski definition) is 2. The van der Waals surface area contributed by atoms with Gasteiger partial charge >= 0.3 is 5.82 Å². The average Bonchev–Trinajstić information content (AvgIpc) is 3.26. The number of H-pyrrole nitrogens is 3. The molecule has 5 aromatic rings. The van der Waals surface area contributed by atoms with Crippen LogP contribution in [0.4, 0.5) is 0 Å². The number of para-hydroxylation sites is 4. The maximum atomic E-state index is 4.75. The highest BCUT2D eigenvalue weighted by Gasteiger charge is 2.14. The number of nitrogens with zero attached hydrogens (tertiary/aromatic N) is 2. The fourth-order valence-corrected chi connectivity index (χ4v) is 2.91. The van der Waals surface area contributed by atoms with Crippen molar-refractivity contribution in [2.45, 2.75) is 0 Å². The highest BCUT2D eigenvalue weighted by molar-refractivity contribution is 5.79. The van der Waals surface area contributed by atoms with Crippen molar-refractivity contribution in [2.75, 3.05) is 0 Å². The van der Waals surface area contributed by atoms with Gasteiger partial charge in [-0.15, -0.1) is 0 Å². The van der Waals surface area contributed by atoms with Crippen LogP contribution >= 0.6 is 0 Å². The summed E-state index contributed by atoms with van der Waals surface area (Å²) >= 11 is 0. The lowest BCUT2D eigenvalue weighted by molar-refractivity contribution is -0.330. The first-order valence-corrected chi connectivity index (χ1v) is 7.79. The van der Waals surface area contributed by atoms with Crippen molar-refractivity contribution in [2.24, 2.45) is 0 Å². The fourth-order valence-electron chi connectivity index (χ4n) is 2.91. The standard InChI is InChI=1S/C19H13N5/c1-2-7-13-12(6-1)21-18(22-13)16-10-5-11-17(20-16)19-23-14-8-3-4-9-15(14)24-19/h1-11H,(H,21,22)(H,23,24)/p+1. The van der Waals surface area contributed by atoms with Crippen molar-refractivity contribution in [3.63, 3.8) is 0 Å². The summed E-state index contributed by atoms with van der Waals surface area (Å²) in [5, 5.41) is 0. The summed E-state index contributed by atoms with van der Waals surface area (Å²) in [5.41, 5.74) is 5.74. The van der Waals surface area contributed by atoms with E-state index >= 15 is 0 Å². The zero-order valence-corrected chi connectivity index (χ0v) is 12.7. The van der Waals surface area contributed by atoms with Crippen LogP contribution in [0.5, 0.6) is 0 Å². The van der Waals surface area contributed by atoms with Gasteiger partial charge in [0.15, 0.2) is 22.6 Å². The molecule has 5 heteroatoms. The Morgan fingerprint density at radius 3 is 2.33 bits per heavy atom. The van der Waals surface area contributed by atoms with Crippen molar-refractivity contribution < 1.29 is 4.98 Å². The minimum absolute atomic E-state index is 0.772. The van der Waals surface area contributed by atoms with Gasteiger partial charge in [-0.1, -0.05) is 30.3 Å². The summed E-state index contributed by atoms with van der Waals surface area (Å²) in [5.74, 6) is 1.66. The molecular weight excluding hydrogens is 298 g/mol. The monoisotopic (exact) mass is 312 g/mol. The molecule has 0 radical (unpaired) electrons. The first kappa shape index (κ1) is 13.0. The van der Waals surface area contributed by atoms with E-state index in [2.05, 4.69) is 19.9 Å². The van der Waals surface area contributed by atoms with E-state index in [1.807, 2.05) is 66.7 Å². The maximum absolute atomic E-state index is 4.75. The van der Waals surface area contributed by atoms with Gasteiger partial charge in [-0.2, -0.15) is 0 Å². The van der Waals surface area contributed by atoms with Gasteiger partial charge in [-0.3, -0.25) is 0 Å². The van der Waals surface area contributed by atoms with Crippen LogP contribution in [0.25, 0.3) is 45.1 Å². The molecule has 0 spiro atoms. The molecule has 5 nitrogen and oxygen atoms in total. The Kier molecular flexibility index (Phi) is 2.72. The largest absolute Gasteiger partial charge is 0.337 e. The Labute approximate surface area is 137 Å². The molecule has 0 atom stereocenters. The second-order valence-corrected chi connectivity index (χ2v) is 5.68. The van der Waals surface area contributed by atoms with Gasteiger partial charge < -0.3 is 4.98 Å². The third kappa shape index (κ3) is 2.06. The Morgan fingerprint density at radius 2 is 1.46 bits per heavy atom. The Morgan fingerprint density at radius 1 is 0.667 bits per heavy atom. The number of rotatable bonds is 2. The predicted molar refractivity (Wildman–Crippen MR) is 93.2 cm³/mol. The molecular formula is C19H14N5+. The average molecular weight is 312 g/mol. The van der Waals surface area contributed by atoms with E-state index in [0.29, 0.717) is 0 Å². The number of nitrogens with one attached hydrogen (secondary N) is 3. The van der Waals surface area contributed by atoms with Crippen LogP contribution < -0.4 is 4.98 Å². The van der Waals surface area contributed by atoms with Gasteiger partial charge in [0.25, 0.3) is 0 Å². The number of pyridine rings is 1. The lowest BCUT2D eigenvalue weighted by Gasteiger charge is -1.97. The molecule has 5 rings (SSSR count). The molecule has 0 saturated heterocycles. The van der Waals surface area contributed by atoms with E-state index in [9.17, 15) is 0 Å². The number of aromatic nitrogens is 5. The van der Waals surface area contributed by atoms with Crippen LogP contribution in [0, 0.1) is 0 Å². The predicted octanol–water partition coefficient (Wildman–Crippen LogP) is 3.59. The lowest BCUT2D eigenvalue weighted by Crippen LogP contribution is -2.04. The smallest absolute Gasteiger partial charge is 0.304 e. The van der Waals surface area contributed by atoms with Gasteiger partial charge in [-0.25, -0.2) is 19.9 Å². The van der Waals surface area contributed by atoms with Gasteiger partial charge in [-0.05, 0) is 36.4 Å². The Hall–Kier alpha value is -3.47. The third-order valence-electron chi connectivity index (χ3n) is 4.08. The Bertz CT molecular complexity index is 1010. The van der Waals surface area contributed by atoms with Crippen LogP contribution in [-0.2, 0) is 0 Å². The summed E-state index contributed by atoms with van der Waals surface area (Å²) in [6, 6.07) is 22.0. The molecule has 114 valence electrons. The van der Waals surface area contributed by atoms with Crippen molar-refractivity contribution in [1.82, 2.24) is 19.9 Å². The van der Waals surface area contributed by atoms with Gasteiger partial charge in [0.05, 0.1) is 11.0 Å². The molecule has 0 bridgehead atoms. The van der Waals surface area contributed by atoms with E-state index in [4.69, 9.17) is 4.98 Å².